The van der Waals surface area contributed by atoms with Crippen molar-refractivity contribution in [3.05, 3.63) is 35.4 Å². The summed E-state index contributed by atoms with van der Waals surface area (Å²) in [7, 11) is 0. The van der Waals surface area contributed by atoms with Crippen LogP contribution in [0, 0.1) is 5.92 Å². The van der Waals surface area contributed by atoms with Gasteiger partial charge in [0.05, 0.1) is 19.1 Å². The van der Waals surface area contributed by atoms with Crippen LogP contribution in [0.25, 0.3) is 6.08 Å². The van der Waals surface area contributed by atoms with Crippen molar-refractivity contribution in [1.29, 1.82) is 0 Å². The zero-order valence-electron chi connectivity index (χ0n) is 14.0. The largest absolute Gasteiger partial charge is 0.493 e. The molecule has 2 aliphatic heterocycles. The van der Waals surface area contributed by atoms with E-state index in [9.17, 15) is 9.59 Å². The lowest BCUT2D eigenvalue weighted by atomic mass is 9.97. The Morgan fingerprint density at radius 3 is 2.88 bits per heavy atom. The number of rotatable bonds is 4. The van der Waals surface area contributed by atoms with Gasteiger partial charge in [-0.05, 0) is 49.1 Å². The second-order valence-electron chi connectivity index (χ2n) is 6.15. The highest BCUT2D eigenvalue weighted by Crippen LogP contribution is 2.26. The maximum absolute atomic E-state index is 12.3. The SMILES string of the molecule is CCOC(=O)C1CCN(C(=O)/C=C/c2ccc3c(c2)CCO3)CC1. The molecule has 0 saturated carbocycles. The van der Waals surface area contributed by atoms with E-state index in [1.165, 1.54) is 5.56 Å². The first-order valence-electron chi connectivity index (χ1n) is 8.56. The molecule has 2 heterocycles. The Balaban J connectivity index is 1.53. The van der Waals surface area contributed by atoms with Gasteiger partial charge in [0.15, 0.2) is 0 Å². The molecule has 0 bridgehead atoms. The average Bonchev–Trinajstić information content (AvgIpc) is 3.07. The first kappa shape index (κ1) is 16.6. The molecular formula is C19H23NO4. The lowest BCUT2D eigenvalue weighted by molar-refractivity contribution is -0.150. The number of ether oxygens (including phenoxy) is 2. The standard InChI is InChI=1S/C19H23NO4/c1-2-23-19(22)15-7-10-20(11-8-15)18(21)6-4-14-3-5-17-16(13-14)9-12-24-17/h3-6,13,15H,2,7-12H2,1H3/b6-4+. The van der Waals surface area contributed by atoms with Crippen molar-refractivity contribution < 1.29 is 19.1 Å². The van der Waals surface area contributed by atoms with E-state index in [1.807, 2.05) is 25.1 Å². The predicted molar refractivity (Wildman–Crippen MR) is 90.6 cm³/mol. The Kier molecular flexibility index (Phi) is 5.18. The Labute approximate surface area is 142 Å². The Bertz CT molecular complexity index is 645. The van der Waals surface area contributed by atoms with E-state index in [0.29, 0.717) is 32.5 Å². The molecule has 2 aliphatic rings. The van der Waals surface area contributed by atoms with Gasteiger partial charge in [0.25, 0.3) is 0 Å². The summed E-state index contributed by atoms with van der Waals surface area (Å²) >= 11 is 0. The number of hydrogen-bond donors (Lipinski definition) is 0. The monoisotopic (exact) mass is 329 g/mol. The second-order valence-corrected chi connectivity index (χ2v) is 6.15. The van der Waals surface area contributed by atoms with Gasteiger partial charge in [0, 0.05) is 25.6 Å². The normalized spacial score (nSPS) is 17.6. The van der Waals surface area contributed by atoms with E-state index < -0.39 is 0 Å². The number of benzene rings is 1. The highest BCUT2D eigenvalue weighted by molar-refractivity contribution is 5.92. The number of amides is 1. The molecular weight excluding hydrogens is 306 g/mol. The molecule has 5 nitrogen and oxygen atoms in total. The molecule has 0 aromatic heterocycles. The maximum Gasteiger partial charge on any atom is 0.309 e. The van der Waals surface area contributed by atoms with Crippen LogP contribution in [-0.2, 0) is 20.7 Å². The van der Waals surface area contributed by atoms with Crippen molar-refractivity contribution in [1.82, 2.24) is 4.90 Å². The summed E-state index contributed by atoms with van der Waals surface area (Å²) in [6.45, 7) is 4.16. The number of likely N-dealkylation sites (tertiary alicyclic amines) is 1. The Hall–Kier alpha value is -2.30. The van der Waals surface area contributed by atoms with Crippen LogP contribution in [-0.4, -0.2) is 43.1 Å². The van der Waals surface area contributed by atoms with Gasteiger partial charge in [-0.15, -0.1) is 0 Å². The van der Waals surface area contributed by atoms with E-state index in [1.54, 1.807) is 11.0 Å². The molecule has 128 valence electrons. The molecule has 1 amide bonds. The number of carbonyl (C=O) groups is 2. The highest BCUT2D eigenvalue weighted by atomic mass is 16.5. The summed E-state index contributed by atoms with van der Waals surface area (Å²) in [5, 5.41) is 0. The van der Waals surface area contributed by atoms with Crippen molar-refractivity contribution >= 4 is 18.0 Å². The van der Waals surface area contributed by atoms with Gasteiger partial charge < -0.3 is 14.4 Å². The first-order chi connectivity index (χ1) is 11.7. The smallest absolute Gasteiger partial charge is 0.309 e. The fraction of sp³-hybridized carbons (Fsp3) is 0.474. The maximum atomic E-state index is 12.3. The summed E-state index contributed by atoms with van der Waals surface area (Å²) in [5.41, 5.74) is 2.20. The van der Waals surface area contributed by atoms with Crippen molar-refractivity contribution in [3.8, 4) is 5.75 Å². The summed E-state index contributed by atoms with van der Waals surface area (Å²) in [6, 6.07) is 5.98. The average molecular weight is 329 g/mol. The van der Waals surface area contributed by atoms with E-state index in [-0.39, 0.29) is 17.8 Å². The fourth-order valence-corrected chi connectivity index (χ4v) is 3.18. The van der Waals surface area contributed by atoms with Gasteiger partial charge >= 0.3 is 5.97 Å². The van der Waals surface area contributed by atoms with Crippen LogP contribution in [0.4, 0.5) is 0 Å². The van der Waals surface area contributed by atoms with Crippen LogP contribution in [0.2, 0.25) is 0 Å². The topological polar surface area (TPSA) is 55.8 Å². The summed E-state index contributed by atoms with van der Waals surface area (Å²) < 4.78 is 10.5. The molecule has 0 atom stereocenters. The Morgan fingerprint density at radius 1 is 1.33 bits per heavy atom. The van der Waals surface area contributed by atoms with Crippen LogP contribution in [0.5, 0.6) is 5.75 Å². The number of nitrogens with zero attached hydrogens (tertiary/aromatic N) is 1. The summed E-state index contributed by atoms with van der Waals surface area (Å²) in [6.07, 6.45) is 5.73. The third-order valence-electron chi connectivity index (χ3n) is 4.56. The van der Waals surface area contributed by atoms with Crippen LogP contribution in [0.1, 0.15) is 30.9 Å². The molecule has 24 heavy (non-hydrogen) atoms. The zero-order valence-corrected chi connectivity index (χ0v) is 14.0. The van der Waals surface area contributed by atoms with Crippen LogP contribution in [0.3, 0.4) is 0 Å². The molecule has 0 N–H and O–H groups in total. The van der Waals surface area contributed by atoms with Crippen molar-refractivity contribution in [2.75, 3.05) is 26.3 Å². The highest BCUT2D eigenvalue weighted by Gasteiger charge is 2.27. The minimum atomic E-state index is -0.138. The summed E-state index contributed by atoms with van der Waals surface area (Å²) in [5.74, 6) is 0.726. The van der Waals surface area contributed by atoms with Crippen LogP contribution >= 0.6 is 0 Å². The number of esters is 1. The first-order valence-corrected chi connectivity index (χ1v) is 8.56. The molecule has 0 aliphatic carbocycles. The van der Waals surface area contributed by atoms with E-state index in [4.69, 9.17) is 9.47 Å². The zero-order chi connectivity index (χ0) is 16.9. The minimum absolute atomic E-state index is 0.00550. The molecule has 5 heteroatoms. The van der Waals surface area contributed by atoms with Gasteiger partial charge in [0.2, 0.25) is 5.91 Å². The van der Waals surface area contributed by atoms with Gasteiger partial charge in [-0.1, -0.05) is 6.07 Å². The van der Waals surface area contributed by atoms with Crippen molar-refractivity contribution in [2.24, 2.45) is 5.92 Å². The lowest BCUT2D eigenvalue weighted by Gasteiger charge is -2.30. The molecule has 0 unspecified atom stereocenters. The summed E-state index contributed by atoms with van der Waals surface area (Å²) in [4.78, 5) is 25.8. The number of carbonyl (C=O) groups excluding carboxylic acids is 2. The van der Waals surface area contributed by atoms with E-state index in [2.05, 4.69) is 6.07 Å². The molecule has 1 saturated heterocycles. The van der Waals surface area contributed by atoms with Gasteiger partial charge in [-0.2, -0.15) is 0 Å². The van der Waals surface area contributed by atoms with E-state index >= 15 is 0 Å². The number of piperidine rings is 1. The van der Waals surface area contributed by atoms with Crippen LogP contribution in [0.15, 0.2) is 24.3 Å². The fourth-order valence-electron chi connectivity index (χ4n) is 3.18. The molecule has 1 fully saturated rings. The van der Waals surface area contributed by atoms with Gasteiger partial charge in [0.1, 0.15) is 5.75 Å². The van der Waals surface area contributed by atoms with Crippen LogP contribution < -0.4 is 4.74 Å². The Morgan fingerprint density at radius 2 is 2.12 bits per heavy atom. The van der Waals surface area contributed by atoms with E-state index in [0.717, 1.165) is 24.3 Å². The third-order valence-corrected chi connectivity index (χ3v) is 4.56. The lowest BCUT2D eigenvalue weighted by Crippen LogP contribution is -2.39. The molecule has 0 radical (unpaired) electrons. The van der Waals surface area contributed by atoms with Crippen molar-refractivity contribution in [2.45, 2.75) is 26.2 Å². The quantitative estimate of drug-likeness (QED) is 0.629. The van der Waals surface area contributed by atoms with Gasteiger partial charge in [-0.25, -0.2) is 0 Å². The van der Waals surface area contributed by atoms with Gasteiger partial charge in [-0.3, -0.25) is 9.59 Å². The molecule has 3 rings (SSSR count). The van der Waals surface area contributed by atoms with Crippen molar-refractivity contribution in [3.63, 3.8) is 0 Å². The molecule has 1 aromatic rings. The molecule has 1 aromatic carbocycles. The molecule has 0 spiro atoms. The number of hydrogen-bond acceptors (Lipinski definition) is 4. The number of fused-ring (bicyclic) bond motifs is 1. The third kappa shape index (κ3) is 3.78. The minimum Gasteiger partial charge on any atom is -0.493 e. The predicted octanol–water partition coefficient (Wildman–Crippen LogP) is 2.44. The second kappa shape index (κ2) is 7.51.